The van der Waals surface area contributed by atoms with Crippen LogP contribution in [-0.4, -0.2) is 19.1 Å². The highest BCUT2D eigenvalue weighted by atomic mass is 16.5. The van der Waals surface area contributed by atoms with E-state index in [2.05, 4.69) is 30.6 Å². The molecule has 20 heavy (non-hydrogen) atoms. The first kappa shape index (κ1) is 14.6. The summed E-state index contributed by atoms with van der Waals surface area (Å²) in [5.74, 6) is 1.75. The lowest BCUT2D eigenvalue weighted by atomic mass is 9.92. The van der Waals surface area contributed by atoms with E-state index in [4.69, 9.17) is 4.74 Å². The second kappa shape index (κ2) is 6.60. The molecule has 3 heteroatoms. The second-order valence-corrected chi connectivity index (χ2v) is 5.22. The summed E-state index contributed by atoms with van der Waals surface area (Å²) in [5.41, 5.74) is 4.44. The van der Waals surface area contributed by atoms with Gasteiger partial charge in [-0.1, -0.05) is 6.07 Å². The molecule has 3 nitrogen and oxygen atoms in total. The minimum atomic E-state index is 0. The summed E-state index contributed by atoms with van der Waals surface area (Å²) in [6.07, 6.45) is 4.48. The van der Waals surface area contributed by atoms with Crippen LogP contribution in [0.2, 0.25) is 0 Å². The van der Waals surface area contributed by atoms with Gasteiger partial charge in [0.2, 0.25) is 5.91 Å². The summed E-state index contributed by atoms with van der Waals surface area (Å²) < 4.78 is 5.65. The van der Waals surface area contributed by atoms with Gasteiger partial charge in [-0.3, -0.25) is 4.79 Å². The number of ether oxygens (including phenoxy) is 1. The van der Waals surface area contributed by atoms with Crippen LogP contribution >= 0.6 is 0 Å². The maximum Gasteiger partial charge on any atom is 0.216 e. The number of nitrogens with one attached hydrogen (secondary N) is 1. The van der Waals surface area contributed by atoms with Gasteiger partial charge in [-0.15, -0.1) is 13.2 Å². The quantitative estimate of drug-likeness (QED) is 0.859. The molecule has 0 bridgehead atoms. The van der Waals surface area contributed by atoms with Crippen LogP contribution in [0.15, 0.2) is 25.3 Å². The number of carbonyl (C=O) groups excluding carboxylic acids is 1. The Balaban J connectivity index is 0.00000106. The molecule has 0 fully saturated rings. The predicted molar refractivity (Wildman–Crippen MR) is 85.5 cm³/mol. The van der Waals surface area contributed by atoms with Crippen LogP contribution in [0.3, 0.4) is 0 Å². The number of rotatable bonds is 3. The summed E-state index contributed by atoms with van der Waals surface area (Å²) in [5, 5.41) is 2.90. The third-order valence-electron chi connectivity index (χ3n) is 4.05. The normalized spacial score (nSPS) is 18.4. The van der Waals surface area contributed by atoms with Gasteiger partial charge in [0.25, 0.3) is 0 Å². The Bertz CT molecular complexity index is 506. The van der Waals surface area contributed by atoms with Crippen molar-refractivity contribution in [2.24, 2.45) is 0 Å². The van der Waals surface area contributed by atoms with Gasteiger partial charge < -0.3 is 10.1 Å². The van der Waals surface area contributed by atoms with Crippen molar-refractivity contribution >= 4 is 5.91 Å². The molecular formula is C17H27NO2. The Kier molecular flexibility index (Phi) is 4.83. The molecule has 1 N–H and O–H groups in total. The van der Waals surface area contributed by atoms with Crippen molar-refractivity contribution in [3.63, 3.8) is 0 Å². The molecule has 1 aromatic rings. The maximum atomic E-state index is 10.9. The minimum Gasteiger partial charge on any atom is -0.493 e. The Morgan fingerprint density at radius 1 is 1.45 bits per heavy atom. The first-order valence-electron chi connectivity index (χ1n) is 7.27. The number of fused-ring (bicyclic) bond motifs is 3. The molecule has 112 valence electrons. The molecule has 0 saturated heterocycles. The van der Waals surface area contributed by atoms with Crippen molar-refractivity contribution in [3.8, 4) is 5.75 Å². The van der Waals surface area contributed by atoms with Crippen LogP contribution in [0, 0.1) is 0 Å². The van der Waals surface area contributed by atoms with E-state index in [-0.39, 0.29) is 8.76 Å². The smallest absolute Gasteiger partial charge is 0.216 e. The Hall–Kier alpha value is -1.77. The zero-order valence-corrected chi connectivity index (χ0v) is 12.2. The average molecular weight is 277 g/mol. The van der Waals surface area contributed by atoms with E-state index in [0.29, 0.717) is 5.92 Å². The molecule has 1 aliphatic heterocycles. The summed E-state index contributed by atoms with van der Waals surface area (Å²) in [7, 11) is 0. The Morgan fingerprint density at radius 3 is 3.00 bits per heavy atom. The Morgan fingerprint density at radius 2 is 2.25 bits per heavy atom. The van der Waals surface area contributed by atoms with Crippen molar-refractivity contribution in [1.29, 1.82) is 0 Å². The second-order valence-electron chi connectivity index (χ2n) is 5.22. The van der Waals surface area contributed by atoms with Crippen LogP contribution in [0.1, 0.15) is 45.2 Å². The fraction of sp³-hybridized carbons (Fsp3) is 0.471. The summed E-state index contributed by atoms with van der Waals surface area (Å²) >= 11 is 0. The van der Waals surface area contributed by atoms with E-state index in [1.807, 2.05) is 0 Å². The first-order chi connectivity index (χ1) is 9.75. The van der Waals surface area contributed by atoms with Gasteiger partial charge in [-0.25, -0.2) is 0 Å². The zero-order chi connectivity index (χ0) is 14.5. The number of aryl methyl sites for hydroxylation is 1. The molecule has 1 aliphatic carbocycles. The molecule has 0 aromatic heterocycles. The zero-order valence-electron chi connectivity index (χ0n) is 12.2. The van der Waals surface area contributed by atoms with Crippen molar-refractivity contribution < 1.29 is 12.4 Å². The van der Waals surface area contributed by atoms with Crippen molar-refractivity contribution in [2.75, 3.05) is 13.2 Å². The van der Waals surface area contributed by atoms with Crippen LogP contribution < -0.4 is 10.1 Å². The van der Waals surface area contributed by atoms with Crippen LogP contribution in [0.4, 0.5) is 0 Å². The molecule has 2 aliphatic rings. The van der Waals surface area contributed by atoms with E-state index < -0.39 is 0 Å². The lowest BCUT2D eigenvalue weighted by Crippen LogP contribution is -2.22. The summed E-state index contributed by atoms with van der Waals surface area (Å²) in [4.78, 5) is 10.9. The SMILES string of the molecule is C=C.CC(=O)NCC[C@@H]1CCc2ccc3c(c21)CCO3.[HH].[HH]. The summed E-state index contributed by atoms with van der Waals surface area (Å²) in [6, 6.07) is 4.34. The van der Waals surface area contributed by atoms with Crippen molar-refractivity contribution in [3.05, 3.63) is 42.0 Å². The number of benzene rings is 1. The van der Waals surface area contributed by atoms with Gasteiger partial charge >= 0.3 is 0 Å². The summed E-state index contributed by atoms with van der Waals surface area (Å²) in [6.45, 7) is 9.18. The lowest BCUT2D eigenvalue weighted by Gasteiger charge is -2.14. The molecule has 1 atom stereocenters. The van der Waals surface area contributed by atoms with Gasteiger partial charge in [0.15, 0.2) is 0 Å². The largest absolute Gasteiger partial charge is 0.493 e. The third kappa shape index (κ3) is 2.87. The molecule has 1 amide bonds. The molecule has 1 aromatic carbocycles. The lowest BCUT2D eigenvalue weighted by molar-refractivity contribution is -0.118. The topological polar surface area (TPSA) is 38.3 Å². The monoisotopic (exact) mass is 277 g/mol. The number of carbonyl (C=O) groups is 1. The standard InChI is InChI=1S/C15H19NO2.C2H4.2H2/c1-10(17)16-8-6-12-3-2-11-4-5-14-13(15(11)12)7-9-18-14;1-2;;/h4-5,12H,2-3,6-9H2,1H3,(H,16,17);1-2H2;2*1H/t12-;;;/m0.../s1. The van der Waals surface area contributed by atoms with E-state index in [1.54, 1.807) is 6.92 Å². The average Bonchev–Trinajstić information content (AvgIpc) is 3.06. The van der Waals surface area contributed by atoms with E-state index in [1.165, 1.54) is 29.5 Å². The highest BCUT2D eigenvalue weighted by molar-refractivity contribution is 5.72. The Labute approximate surface area is 124 Å². The van der Waals surface area contributed by atoms with Gasteiger partial charge in [-0.05, 0) is 42.4 Å². The number of hydrogen-bond acceptors (Lipinski definition) is 2. The first-order valence-corrected chi connectivity index (χ1v) is 7.27. The van der Waals surface area contributed by atoms with Crippen molar-refractivity contribution in [2.45, 2.75) is 38.5 Å². The molecule has 3 rings (SSSR count). The maximum absolute atomic E-state index is 10.9. The number of amides is 1. The van der Waals surface area contributed by atoms with Gasteiger partial charge in [0.05, 0.1) is 6.61 Å². The number of hydrogen-bond donors (Lipinski definition) is 1. The third-order valence-corrected chi connectivity index (χ3v) is 4.05. The fourth-order valence-corrected chi connectivity index (χ4v) is 3.26. The van der Waals surface area contributed by atoms with Crippen LogP contribution in [-0.2, 0) is 17.6 Å². The molecule has 0 radical (unpaired) electrons. The van der Waals surface area contributed by atoms with Gasteiger partial charge in [0.1, 0.15) is 5.75 Å². The molecular weight excluding hydrogens is 250 g/mol. The van der Waals surface area contributed by atoms with E-state index >= 15 is 0 Å². The highest BCUT2D eigenvalue weighted by Gasteiger charge is 2.28. The molecule has 0 spiro atoms. The fourth-order valence-electron chi connectivity index (χ4n) is 3.26. The van der Waals surface area contributed by atoms with Crippen molar-refractivity contribution in [1.82, 2.24) is 5.32 Å². The molecule has 0 saturated carbocycles. The minimum absolute atomic E-state index is 0. The van der Waals surface area contributed by atoms with Crippen LogP contribution in [0.25, 0.3) is 0 Å². The van der Waals surface area contributed by atoms with Gasteiger partial charge in [-0.2, -0.15) is 0 Å². The molecule has 0 unspecified atom stereocenters. The van der Waals surface area contributed by atoms with Gasteiger partial charge in [0, 0.05) is 28.3 Å². The highest BCUT2D eigenvalue weighted by Crippen LogP contribution is 2.42. The van der Waals surface area contributed by atoms with Crippen LogP contribution in [0.5, 0.6) is 5.75 Å². The predicted octanol–water partition coefficient (Wildman–Crippen LogP) is 3.47. The van der Waals surface area contributed by atoms with E-state index in [9.17, 15) is 4.79 Å². The molecule has 1 heterocycles. The van der Waals surface area contributed by atoms with E-state index in [0.717, 1.165) is 31.7 Å².